The van der Waals surface area contributed by atoms with E-state index in [2.05, 4.69) is 15.9 Å². The first-order valence-electron chi connectivity index (χ1n) is 3.55. The molecule has 1 aromatic carbocycles. The van der Waals surface area contributed by atoms with E-state index in [4.69, 9.17) is 11.5 Å². The summed E-state index contributed by atoms with van der Waals surface area (Å²) in [5, 5.41) is 0. The number of hydrogen-bond donors (Lipinski definition) is 2. The Bertz CT molecular complexity index is 278. The first kappa shape index (κ1) is 9.64. The van der Waals surface area contributed by atoms with Crippen LogP contribution in [0.1, 0.15) is 11.6 Å². The highest BCUT2D eigenvalue weighted by Gasteiger charge is 2.05. The van der Waals surface area contributed by atoms with E-state index in [1.807, 2.05) is 0 Å². The summed E-state index contributed by atoms with van der Waals surface area (Å²) in [4.78, 5) is 0. The van der Waals surface area contributed by atoms with Gasteiger partial charge in [-0.05, 0) is 33.6 Å². The largest absolute Gasteiger partial charge is 0.329 e. The zero-order valence-corrected chi connectivity index (χ0v) is 8.01. The molecule has 0 radical (unpaired) electrons. The quantitative estimate of drug-likeness (QED) is 0.814. The van der Waals surface area contributed by atoms with E-state index in [9.17, 15) is 4.39 Å². The minimum absolute atomic E-state index is 0.220. The van der Waals surface area contributed by atoms with Crippen LogP contribution in [0.4, 0.5) is 4.39 Å². The van der Waals surface area contributed by atoms with Gasteiger partial charge in [-0.25, -0.2) is 4.39 Å². The predicted octanol–water partition coefficient (Wildman–Crippen LogP) is 1.55. The molecule has 66 valence electrons. The molecule has 0 aliphatic rings. The van der Waals surface area contributed by atoms with Crippen LogP contribution in [0, 0.1) is 5.82 Å². The van der Waals surface area contributed by atoms with E-state index >= 15 is 0 Å². The summed E-state index contributed by atoms with van der Waals surface area (Å²) < 4.78 is 13.2. The van der Waals surface area contributed by atoms with Gasteiger partial charge in [0.1, 0.15) is 5.82 Å². The fourth-order valence-electron chi connectivity index (χ4n) is 0.879. The molecule has 0 saturated carbocycles. The van der Waals surface area contributed by atoms with Gasteiger partial charge in [-0.3, -0.25) is 0 Å². The smallest absolute Gasteiger partial charge is 0.137 e. The third kappa shape index (κ3) is 2.03. The molecule has 0 bridgehead atoms. The molecule has 0 aromatic heterocycles. The maximum Gasteiger partial charge on any atom is 0.137 e. The Labute approximate surface area is 78.9 Å². The lowest BCUT2D eigenvalue weighted by Crippen LogP contribution is -2.20. The molecule has 0 fully saturated rings. The Morgan fingerprint density at radius 3 is 2.67 bits per heavy atom. The molecule has 0 saturated heterocycles. The predicted molar refractivity (Wildman–Crippen MR) is 50.1 cm³/mol. The highest BCUT2D eigenvalue weighted by atomic mass is 79.9. The second-order valence-electron chi connectivity index (χ2n) is 2.52. The lowest BCUT2D eigenvalue weighted by atomic mass is 10.1. The highest BCUT2D eigenvalue weighted by molar-refractivity contribution is 9.10. The van der Waals surface area contributed by atoms with Crippen LogP contribution in [0.5, 0.6) is 0 Å². The summed E-state index contributed by atoms with van der Waals surface area (Å²) in [7, 11) is 0. The molecule has 2 nitrogen and oxygen atoms in total. The zero-order valence-electron chi connectivity index (χ0n) is 6.43. The van der Waals surface area contributed by atoms with Crippen LogP contribution in [0.25, 0.3) is 0 Å². The van der Waals surface area contributed by atoms with Crippen molar-refractivity contribution in [3.8, 4) is 0 Å². The van der Waals surface area contributed by atoms with Gasteiger partial charge in [-0.1, -0.05) is 6.07 Å². The van der Waals surface area contributed by atoms with Crippen LogP contribution in [-0.4, -0.2) is 6.54 Å². The number of rotatable bonds is 2. The van der Waals surface area contributed by atoms with Crippen molar-refractivity contribution in [2.75, 3.05) is 6.54 Å². The Morgan fingerprint density at radius 1 is 1.50 bits per heavy atom. The molecule has 1 atom stereocenters. The van der Waals surface area contributed by atoms with Crippen molar-refractivity contribution < 1.29 is 4.39 Å². The van der Waals surface area contributed by atoms with E-state index in [1.165, 1.54) is 6.07 Å². The second-order valence-corrected chi connectivity index (χ2v) is 3.37. The van der Waals surface area contributed by atoms with Crippen LogP contribution in [0.2, 0.25) is 0 Å². The first-order valence-corrected chi connectivity index (χ1v) is 4.35. The zero-order chi connectivity index (χ0) is 9.14. The highest BCUT2D eigenvalue weighted by Crippen LogP contribution is 2.19. The molecular formula is C8H10BrFN2. The first-order chi connectivity index (χ1) is 5.65. The molecule has 0 unspecified atom stereocenters. The van der Waals surface area contributed by atoms with Gasteiger partial charge in [0, 0.05) is 12.6 Å². The van der Waals surface area contributed by atoms with Crippen LogP contribution < -0.4 is 11.5 Å². The van der Waals surface area contributed by atoms with Gasteiger partial charge in [0.2, 0.25) is 0 Å². The average molecular weight is 233 g/mol. The summed E-state index contributed by atoms with van der Waals surface area (Å²) in [6.07, 6.45) is 0. The van der Waals surface area contributed by atoms with Crippen molar-refractivity contribution in [1.82, 2.24) is 0 Å². The summed E-state index contributed by atoms with van der Waals surface area (Å²) in [6, 6.07) is 4.43. The van der Waals surface area contributed by atoms with Gasteiger partial charge in [-0.15, -0.1) is 0 Å². The Kier molecular flexibility index (Phi) is 3.20. The number of hydrogen-bond acceptors (Lipinski definition) is 2. The van der Waals surface area contributed by atoms with Gasteiger partial charge in [0.05, 0.1) is 4.47 Å². The van der Waals surface area contributed by atoms with Crippen LogP contribution >= 0.6 is 15.9 Å². The Balaban J connectivity index is 2.96. The maximum absolute atomic E-state index is 12.7. The number of halogens is 2. The van der Waals surface area contributed by atoms with Gasteiger partial charge < -0.3 is 11.5 Å². The van der Waals surface area contributed by atoms with Gasteiger partial charge in [0.25, 0.3) is 0 Å². The average Bonchev–Trinajstić information content (AvgIpc) is 2.08. The molecule has 0 heterocycles. The fourth-order valence-corrected chi connectivity index (χ4v) is 1.28. The third-order valence-electron chi connectivity index (χ3n) is 1.63. The maximum atomic E-state index is 12.7. The van der Waals surface area contributed by atoms with Gasteiger partial charge >= 0.3 is 0 Å². The van der Waals surface area contributed by atoms with E-state index in [-0.39, 0.29) is 11.9 Å². The van der Waals surface area contributed by atoms with Crippen LogP contribution in [0.15, 0.2) is 22.7 Å². The number of benzene rings is 1. The lowest BCUT2D eigenvalue weighted by molar-refractivity contribution is 0.618. The standard InChI is InChI=1S/C8H10BrFN2/c9-6-3-5(8(12)4-11)1-2-7(6)10/h1-3,8H,4,11-12H2/t8-/m0/s1. The van der Waals surface area contributed by atoms with Gasteiger partial charge in [0.15, 0.2) is 0 Å². The van der Waals surface area contributed by atoms with Crippen molar-refractivity contribution in [3.63, 3.8) is 0 Å². The van der Waals surface area contributed by atoms with Gasteiger partial charge in [-0.2, -0.15) is 0 Å². The summed E-state index contributed by atoms with van der Waals surface area (Å²) in [5.74, 6) is -0.289. The van der Waals surface area contributed by atoms with Crippen molar-refractivity contribution in [2.45, 2.75) is 6.04 Å². The number of nitrogens with two attached hydrogens (primary N) is 2. The summed E-state index contributed by atoms with van der Waals surface area (Å²) in [5.41, 5.74) is 11.8. The molecule has 1 aromatic rings. The molecule has 1 rings (SSSR count). The molecule has 0 aliphatic carbocycles. The molecule has 0 amide bonds. The van der Waals surface area contributed by atoms with E-state index in [0.29, 0.717) is 11.0 Å². The minimum Gasteiger partial charge on any atom is -0.329 e. The normalized spacial score (nSPS) is 13.0. The Hall–Kier alpha value is -0.450. The molecule has 0 spiro atoms. The monoisotopic (exact) mass is 232 g/mol. The minimum atomic E-state index is -0.289. The Morgan fingerprint density at radius 2 is 2.17 bits per heavy atom. The molecular weight excluding hydrogens is 223 g/mol. The van der Waals surface area contributed by atoms with Crippen molar-refractivity contribution in [1.29, 1.82) is 0 Å². The van der Waals surface area contributed by atoms with Crippen LogP contribution in [0.3, 0.4) is 0 Å². The second kappa shape index (κ2) is 3.98. The van der Waals surface area contributed by atoms with Crippen LogP contribution in [-0.2, 0) is 0 Å². The third-order valence-corrected chi connectivity index (χ3v) is 2.23. The van der Waals surface area contributed by atoms with E-state index in [0.717, 1.165) is 5.56 Å². The van der Waals surface area contributed by atoms with E-state index in [1.54, 1.807) is 12.1 Å². The lowest BCUT2D eigenvalue weighted by Gasteiger charge is -2.08. The van der Waals surface area contributed by atoms with Crippen molar-refractivity contribution in [2.24, 2.45) is 11.5 Å². The van der Waals surface area contributed by atoms with E-state index < -0.39 is 0 Å². The van der Waals surface area contributed by atoms with Crippen molar-refractivity contribution in [3.05, 3.63) is 34.1 Å². The molecule has 12 heavy (non-hydrogen) atoms. The SMILES string of the molecule is NC[C@H](N)c1ccc(F)c(Br)c1. The summed E-state index contributed by atoms with van der Waals surface area (Å²) >= 11 is 3.07. The molecule has 4 N–H and O–H groups in total. The summed E-state index contributed by atoms with van der Waals surface area (Å²) in [6.45, 7) is 0.359. The molecule has 4 heteroatoms. The molecule has 0 aliphatic heterocycles. The topological polar surface area (TPSA) is 52.0 Å². The van der Waals surface area contributed by atoms with Crippen molar-refractivity contribution >= 4 is 15.9 Å². The fraction of sp³-hybridized carbons (Fsp3) is 0.250.